The van der Waals surface area contributed by atoms with Gasteiger partial charge in [0.05, 0.1) is 0 Å². The predicted molar refractivity (Wildman–Crippen MR) is 50.8 cm³/mol. The van der Waals surface area contributed by atoms with E-state index in [1.807, 2.05) is 0 Å². The zero-order valence-corrected chi connectivity index (χ0v) is 7.29. The van der Waals surface area contributed by atoms with E-state index >= 15 is 0 Å². The van der Waals surface area contributed by atoms with Crippen LogP contribution in [0, 0.1) is 5.92 Å². The molecular weight excluding hydrogens is 148 g/mol. The van der Waals surface area contributed by atoms with Gasteiger partial charge in [0.2, 0.25) is 0 Å². The number of rotatable bonds is 1. The molecule has 0 radical (unpaired) electrons. The molecule has 0 aromatic rings. The fourth-order valence-electron chi connectivity index (χ4n) is 1.89. The molecule has 0 bridgehead atoms. The van der Waals surface area contributed by atoms with E-state index in [4.69, 9.17) is 0 Å². The van der Waals surface area contributed by atoms with E-state index in [0.29, 0.717) is 12.0 Å². The maximum absolute atomic E-state index is 3.42. The van der Waals surface area contributed by atoms with Gasteiger partial charge in [-0.05, 0) is 19.0 Å². The molecule has 0 fully saturated rings. The molecule has 0 spiro atoms. The van der Waals surface area contributed by atoms with Crippen molar-refractivity contribution in [2.75, 3.05) is 13.1 Å². The highest BCUT2D eigenvalue weighted by atomic mass is 14.9. The van der Waals surface area contributed by atoms with Gasteiger partial charge in [-0.1, -0.05) is 18.2 Å². The van der Waals surface area contributed by atoms with Crippen molar-refractivity contribution in [1.29, 1.82) is 0 Å². The van der Waals surface area contributed by atoms with Gasteiger partial charge in [0.1, 0.15) is 0 Å². The van der Waals surface area contributed by atoms with Gasteiger partial charge in [0.25, 0.3) is 0 Å². The Morgan fingerprint density at radius 1 is 1.25 bits per heavy atom. The van der Waals surface area contributed by atoms with Gasteiger partial charge in [0.15, 0.2) is 0 Å². The van der Waals surface area contributed by atoms with Crippen molar-refractivity contribution in [3.8, 4) is 0 Å². The first-order valence-electron chi connectivity index (χ1n) is 4.75. The molecule has 2 heteroatoms. The van der Waals surface area contributed by atoms with Gasteiger partial charge in [-0.2, -0.15) is 0 Å². The zero-order valence-electron chi connectivity index (χ0n) is 7.29. The van der Waals surface area contributed by atoms with Crippen molar-refractivity contribution in [1.82, 2.24) is 10.6 Å². The van der Waals surface area contributed by atoms with E-state index in [1.165, 1.54) is 12.8 Å². The first kappa shape index (κ1) is 7.87. The van der Waals surface area contributed by atoms with Crippen molar-refractivity contribution in [2.24, 2.45) is 5.92 Å². The largest absolute Gasteiger partial charge is 0.388 e. The normalized spacial score (nSPS) is 34.7. The molecule has 0 amide bonds. The van der Waals surface area contributed by atoms with E-state index in [1.54, 1.807) is 0 Å². The van der Waals surface area contributed by atoms with Gasteiger partial charge in [-0.3, -0.25) is 0 Å². The minimum Gasteiger partial charge on any atom is -0.388 e. The molecule has 2 heterocycles. The zero-order chi connectivity index (χ0) is 8.23. The van der Waals surface area contributed by atoms with Gasteiger partial charge in [-0.25, -0.2) is 0 Å². The summed E-state index contributed by atoms with van der Waals surface area (Å²) < 4.78 is 0. The number of hydrogen-bond acceptors (Lipinski definition) is 2. The third-order valence-electron chi connectivity index (χ3n) is 2.61. The van der Waals surface area contributed by atoms with Gasteiger partial charge in [0, 0.05) is 25.0 Å². The smallest absolute Gasteiger partial charge is 0.0333 e. The van der Waals surface area contributed by atoms with Crippen LogP contribution in [-0.2, 0) is 0 Å². The Kier molecular flexibility index (Phi) is 2.47. The van der Waals surface area contributed by atoms with Crippen molar-refractivity contribution < 1.29 is 0 Å². The maximum Gasteiger partial charge on any atom is 0.0333 e. The Bertz CT molecular complexity index is 196. The van der Waals surface area contributed by atoms with E-state index < -0.39 is 0 Å². The summed E-state index contributed by atoms with van der Waals surface area (Å²) in [5.74, 6) is 0.684. The molecule has 0 saturated carbocycles. The molecule has 2 atom stereocenters. The first-order chi connectivity index (χ1) is 5.97. The van der Waals surface area contributed by atoms with Crippen molar-refractivity contribution in [2.45, 2.75) is 18.9 Å². The lowest BCUT2D eigenvalue weighted by molar-refractivity contribution is 0.390. The van der Waals surface area contributed by atoms with Crippen LogP contribution in [-0.4, -0.2) is 19.1 Å². The molecule has 66 valence electrons. The fourth-order valence-corrected chi connectivity index (χ4v) is 1.89. The standard InChI is InChI=1S/C10H16N2/c1-2-7-12-10(5-1)9-4-3-6-11-8-9/h2-4,7,9-12H,1,5-6,8H2. The molecule has 0 aromatic heterocycles. The van der Waals surface area contributed by atoms with Crippen LogP contribution in [0.2, 0.25) is 0 Å². The van der Waals surface area contributed by atoms with Crippen LogP contribution in [0.5, 0.6) is 0 Å². The van der Waals surface area contributed by atoms with Crippen LogP contribution in [0.4, 0.5) is 0 Å². The highest BCUT2D eigenvalue weighted by molar-refractivity contribution is 5.03. The van der Waals surface area contributed by atoms with Gasteiger partial charge < -0.3 is 10.6 Å². The summed E-state index contributed by atoms with van der Waals surface area (Å²) in [6, 6.07) is 0.652. The van der Waals surface area contributed by atoms with Crippen molar-refractivity contribution in [3.63, 3.8) is 0 Å². The van der Waals surface area contributed by atoms with Gasteiger partial charge >= 0.3 is 0 Å². The SMILES string of the molecule is C1=CNC(C2C=CCNC2)CC1. The summed E-state index contributed by atoms with van der Waals surface area (Å²) in [4.78, 5) is 0. The summed E-state index contributed by atoms with van der Waals surface area (Å²) in [6.07, 6.45) is 11.4. The Morgan fingerprint density at radius 3 is 2.92 bits per heavy atom. The Labute approximate surface area is 73.7 Å². The summed E-state index contributed by atoms with van der Waals surface area (Å²) in [5.41, 5.74) is 0. The highest BCUT2D eigenvalue weighted by Crippen LogP contribution is 2.15. The second-order valence-electron chi connectivity index (χ2n) is 3.50. The van der Waals surface area contributed by atoms with E-state index in [2.05, 4.69) is 35.1 Å². The van der Waals surface area contributed by atoms with Crippen molar-refractivity contribution >= 4 is 0 Å². The minimum absolute atomic E-state index is 0.652. The molecule has 2 N–H and O–H groups in total. The third-order valence-corrected chi connectivity index (χ3v) is 2.61. The summed E-state index contributed by atoms with van der Waals surface area (Å²) in [5, 5.41) is 6.80. The van der Waals surface area contributed by atoms with E-state index in [9.17, 15) is 0 Å². The second-order valence-corrected chi connectivity index (χ2v) is 3.50. The Morgan fingerprint density at radius 2 is 2.25 bits per heavy atom. The molecule has 2 aliphatic heterocycles. The Hall–Kier alpha value is -0.760. The third kappa shape index (κ3) is 1.69. The lowest BCUT2D eigenvalue weighted by Gasteiger charge is -2.29. The van der Waals surface area contributed by atoms with Crippen molar-refractivity contribution in [3.05, 3.63) is 24.4 Å². The molecular formula is C10H16N2. The topological polar surface area (TPSA) is 24.1 Å². The predicted octanol–water partition coefficient (Wildman–Crippen LogP) is 1.03. The quantitative estimate of drug-likeness (QED) is 0.566. The monoisotopic (exact) mass is 164 g/mol. The lowest BCUT2D eigenvalue weighted by atomic mass is 9.92. The van der Waals surface area contributed by atoms with Crippen LogP contribution >= 0.6 is 0 Å². The first-order valence-corrected chi connectivity index (χ1v) is 4.75. The molecule has 2 rings (SSSR count). The fraction of sp³-hybridized carbons (Fsp3) is 0.600. The van der Waals surface area contributed by atoms with Crippen LogP contribution < -0.4 is 10.6 Å². The highest BCUT2D eigenvalue weighted by Gasteiger charge is 2.19. The number of hydrogen-bond donors (Lipinski definition) is 2. The molecule has 0 aromatic carbocycles. The average Bonchev–Trinajstić information content (AvgIpc) is 2.21. The van der Waals surface area contributed by atoms with Gasteiger partial charge in [-0.15, -0.1) is 0 Å². The molecule has 0 saturated heterocycles. The molecule has 2 unspecified atom stereocenters. The number of nitrogens with one attached hydrogen (secondary N) is 2. The average molecular weight is 164 g/mol. The summed E-state index contributed by atoms with van der Waals surface area (Å²) in [7, 11) is 0. The Balaban J connectivity index is 1.94. The van der Waals surface area contributed by atoms with E-state index in [0.717, 1.165) is 13.1 Å². The molecule has 0 aliphatic carbocycles. The molecule has 2 nitrogen and oxygen atoms in total. The van der Waals surface area contributed by atoms with E-state index in [-0.39, 0.29) is 0 Å². The summed E-state index contributed by atoms with van der Waals surface area (Å²) in [6.45, 7) is 2.17. The minimum atomic E-state index is 0.652. The molecule has 12 heavy (non-hydrogen) atoms. The van der Waals surface area contributed by atoms with Crippen LogP contribution in [0.15, 0.2) is 24.4 Å². The van der Waals surface area contributed by atoms with Crippen LogP contribution in [0.3, 0.4) is 0 Å². The second kappa shape index (κ2) is 3.76. The lowest BCUT2D eigenvalue weighted by Crippen LogP contribution is -2.41. The van der Waals surface area contributed by atoms with Crippen LogP contribution in [0.1, 0.15) is 12.8 Å². The summed E-state index contributed by atoms with van der Waals surface area (Å²) >= 11 is 0. The molecule has 2 aliphatic rings. The van der Waals surface area contributed by atoms with Crippen LogP contribution in [0.25, 0.3) is 0 Å². The maximum atomic E-state index is 3.42. The number of allylic oxidation sites excluding steroid dienone is 1.